The van der Waals surface area contributed by atoms with E-state index in [1.165, 1.54) is 0 Å². The zero-order valence-corrected chi connectivity index (χ0v) is 15.1. The molecule has 1 aliphatic carbocycles. The van der Waals surface area contributed by atoms with Crippen LogP contribution in [0.1, 0.15) is 44.0 Å². The van der Waals surface area contributed by atoms with Gasteiger partial charge in [0.15, 0.2) is 0 Å². The van der Waals surface area contributed by atoms with Gasteiger partial charge >= 0.3 is 0 Å². The third kappa shape index (κ3) is 2.87. The Labute approximate surface area is 148 Å². The van der Waals surface area contributed by atoms with Crippen LogP contribution in [0.5, 0.6) is 0 Å². The number of nitrogen functional groups attached to an aromatic ring is 1. The Morgan fingerprint density at radius 2 is 2.00 bits per heavy atom. The molecule has 24 heavy (non-hydrogen) atoms. The summed E-state index contributed by atoms with van der Waals surface area (Å²) >= 11 is 6.44. The summed E-state index contributed by atoms with van der Waals surface area (Å²) in [6.07, 6.45) is 2.89. The molecule has 1 atom stereocenters. The second kappa shape index (κ2) is 6.11. The Balaban J connectivity index is 2.26. The van der Waals surface area contributed by atoms with E-state index in [4.69, 9.17) is 17.3 Å². The maximum absolute atomic E-state index is 9.67. The van der Waals surface area contributed by atoms with Gasteiger partial charge in [-0.2, -0.15) is 5.26 Å². The van der Waals surface area contributed by atoms with Gasteiger partial charge in [0, 0.05) is 21.8 Å². The molecule has 0 fully saturated rings. The molecule has 0 saturated heterocycles. The highest BCUT2D eigenvalue weighted by Gasteiger charge is 2.32. The van der Waals surface area contributed by atoms with Crippen molar-refractivity contribution in [2.45, 2.75) is 40.0 Å². The molecule has 2 N–H and O–H groups in total. The number of pyridine rings is 1. The summed E-state index contributed by atoms with van der Waals surface area (Å²) in [5, 5.41) is 10.3. The first-order valence-electron chi connectivity index (χ1n) is 8.29. The molecule has 0 spiro atoms. The molecule has 0 amide bonds. The van der Waals surface area contributed by atoms with Crippen molar-refractivity contribution >= 4 is 17.4 Å². The Bertz CT molecular complexity index is 828. The molecule has 1 heterocycles. The van der Waals surface area contributed by atoms with Gasteiger partial charge in [0.25, 0.3) is 0 Å². The maximum atomic E-state index is 9.67. The number of halogens is 1. The van der Waals surface area contributed by atoms with Gasteiger partial charge in [-0.1, -0.05) is 50.6 Å². The number of nitriles is 1. The molecule has 3 rings (SSSR count). The number of aryl methyl sites for hydroxylation is 1. The number of benzene rings is 1. The second-order valence-electron chi connectivity index (χ2n) is 7.57. The Kier molecular flexibility index (Phi) is 4.27. The van der Waals surface area contributed by atoms with Gasteiger partial charge in [-0.05, 0) is 42.2 Å². The first kappa shape index (κ1) is 16.8. The Hall–Kier alpha value is -2.05. The number of hydrogen-bond donors (Lipinski definition) is 1. The molecule has 1 aliphatic rings. The van der Waals surface area contributed by atoms with Gasteiger partial charge < -0.3 is 5.73 Å². The van der Waals surface area contributed by atoms with Crippen molar-refractivity contribution in [3.8, 4) is 17.2 Å². The fourth-order valence-electron chi connectivity index (χ4n) is 3.59. The lowest BCUT2D eigenvalue weighted by Crippen LogP contribution is -2.28. The van der Waals surface area contributed by atoms with Gasteiger partial charge in [-0.15, -0.1) is 0 Å². The van der Waals surface area contributed by atoms with Crippen molar-refractivity contribution in [1.82, 2.24) is 4.98 Å². The summed E-state index contributed by atoms with van der Waals surface area (Å²) in [4.78, 5) is 4.53. The molecule has 1 aromatic heterocycles. The van der Waals surface area contributed by atoms with Crippen molar-refractivity contribution in [2.75, 3.05) is 5.73 Å². The quantitative estimate of drug-likeness (QED) is 0.794. The average molecular weight is 340 g/mol. The molecule has 1 unspecified atom stereocenters. The van der Waals surface area contributed by atoms with Gasteiger partial charge in [-0.3, -0.25) is 0 Å². The number of anilines is 1. The van der Waals surface area contributed by atoms with Gasteiger partial charge in [0.2, 0.25) is 0 Å². The molecule has 0 aliphatic heterocycles. The smallest absolute Gasteiger partial charge is 0.142 e. The van der Waals surface area contributed by atoms with Gasteiger partial charge in [0.1, 0.15) is 17.5 Å². The first-order chi connectivity index (χ1) is 11.3. The lowest BCUT2D eigenvalue weighted by Gasteiger charge is -2.35. The monoisotopic (exact) mass is 339 g/mol. The standard InChI is InChI=1S/C20H22ClN3/c1-20(2,3)12-8-9-17-14(10-12)18(15(11-22)19(23)24-17)13-6-4-5-7-16(13)21/h4-7,12H,8-10H2,1-3H3,(H2,23,24). The van der Waals surface area contributed by atoms with Crippen molar-refractivity contribution < 1.29 is 0 Å². The third-order valence-electron chi connectivity index (χ3n) is 5.07. The predicted octanol–water partition coefficient (Wildman–Crippen LogP) is 5.01. The summed E-state index contributed by atoms with van der Waals surface area (Å²) in [7, 11) is 0. The molecule has 0 bridgehead atoms. The van der Waals surface area contributed by atoms with Crippen molar-refractivity contribution in [3.63, 3.8) is 0 Å². The molecule has 4 heteroatoms. The van der Waals surface area contributed by atoms with Gasteiger partial charge in [0.05, 0.1) is 0 Å². The van der Waals surface area contributed by atoms with E-state index in [1.807, 2.05) is 24.3 Å². The fourth-order valence-corrected chi connectivity index (χ4v) is 3.82. The molecular weight excluding hydrogens is 318 g/mol. The third-order valence-corrected chi connectivity index (χ3v) is 5.40. The van der Waals surface area contributed by atoms with Crippen molar-refractivity contribution in [2.24, 2.45) is 11.3 Å². The lowest BCUT2D eigenvalue weighted by molar-refractivity contribution is 0.215. The van der Waals surface area contributed by atoms with Crippen LogP contribution in [0.15, 0.2) is 24.3 Å². The van der Waals surface area contributed by atoms with Crippen LogP contribution in [-0.4, -0.2) is 4.98 Å². The van der Waals surface area contributed by atoms with E-state index in [0.29, 0.717) is 22.3 Å². The van der Waals surface area contributed by atoms with E-state index in [1.54, 1.807) is 0 Å². The molecule has 3 nitrogen and oxygen atoms in total. The highest BCUT2D eigenvalue weighted by atomic mass is 35.5. The van der Waals surface area contributed by atoms with Crippen LogP contribution in [0.3, 0.4) is 0 Å². The normalized spacial score (nSPS) is 17.2. The Morgan fingerprint density at radius 3 is 2.62 bits per heavy atom. The number of nitrogens with zero attached hydrogens (tertiary/aromatic N) is 2. The van der Waals surface area contributed by atoms with E-state index in [9.17, 15) is 5.26 Å². The molecule has 1 aromatic carbocycles. The number of fused-ring (bicyclic) bond motifs is 1. The Morgan fingerprint density at radius 1 is 1.29 bits per heavy atom. The first-order valence-corrected chi connectivity index (χ1v) is 8.67. The highest BCUT2D eigenvalue weighted by Crippen LogP contribution is 2.43. The molecule has 0 radical (unpaired) electrons. The van der Waals surface area contributed by atoms with Crippen LogP contribution in [0.25, 0.3) is 11.1 Å². The molecule has 2 aromatic rings. The van der Waals surface area contributed by atoms with E-state index >= 15 is 0 Å². The highest BCUT2D eigenvalue weighted by molar-refractivity contribution is 6.33. The van der Waals surface area contributed by atoms with E-state index in [0.717, 1.165) is 41.6 Å². The summed E-state index contributed by atoms with van der Waals surface area (Å²) < 4.78 is 0. The zero-order valence-electron chi connectivity index (χ0n) is 14.4. The van der Waals surface area contributed by atoms with Crippen LogP contribution in [0.2, 0.25) is 5.02 Å². The summed E-state index contributed by atoms with van der Waals surface area (Å²) in [6, 6.07) is 9.89. The van der Waals surface area contributed by atoms with E-state index < -0.39 is 0 Å². The van der Waals surface area contributed by atoms with Crippen LogP contribution >= 0.6 is 11.6 Å². The van der Waals surface area contributed by atoms with Crippen molar-refractivity contribution in [3.05, 3.63) is 46.1 Å². The summed E-state index contributed by atoms with van der Waals surface area (Å²) in [6.45, 7) is 6.81. The predicted molar refractivity (Wildman–Crippen MR) is 98.8 cm³/mol. The number of nitrogens with two attached hydrogens (primary N) is 1. The van der Waals surface area contributed by atoms with Crippen LogP contribution in [0.4, 0.5) is 5.82 Å². The number of aromatic nitrogens is 1. The van der Waals surface area contributed by atoms with Crippen LogP contribution in [-0.2, 0) is 12.8 Å². The maximum Gasteiger partial charge on any atom is 0.142 e. The van der Waals surface area contributed by atoms with Crippen LogP contribution < -0.4 is 5.73 Å². The molecule has 0 saturated carbocycles. The average Bonchev–Trinajstić information content (AvgIpc) is 2.53. The topological polar surface area (TPSA) is 62.7 Å². The summed E-state index contributed by atoms with van der Waals surface area (Å²) in [5.74, 6) is 0.851. The minimum Gasteiger partial charge on any atom is -0.383 e. The minimum absolute atomic E-state index is 0.212. The number of hydrogen-bond acceptors (Lipinski definition) is 3. The largest absolute Gasteiger partial charge is 0.383 e. The fraction of sp³-hybridized carbons (Fsp3) is 0.400. The molecule has 124 valence electrons. The minimum atomic E-state index is 0.212. The lowest BCUT2D eigenvalue weighted by atomic mass is 9.70. The van der Waals surface area contributed by atoms with E-state index in [-0.39, 0.29) is 5.41 Å². The SMILES string of the molecule is CC(C)(C)C1CCc2nc(N)c(C#N)c(-c3ccccc3Cl)c2C1. The van der Waals surface area contributed by atoms with E-state index in [2.05, 4.69) is 31.8 Å². The zero-order chi connectivity index (χ0) is 17.5. The summed E-state index contributed by atoms with van der Waals surface area (Å²) in [5.41, 5.74) is 10.6. The van der Waals surface area contributed by atoms with Gasteiger partial charge in [-0.25, -0.2) is 4.98 Å². The van der Waals surface area contributed by atoms with Crippen molar-refractivity contribution in [1.29, 1.82) is 5.26 Å². The number of rotatable bonds is 1. The molecular formula is C20H22ClN3. The second-order valence-corrected chi connectivity index (χ2v) is 7.98. The van der Waals surface area contributed by atoms with Crippen LogP contribution in [0, 0.1) is 22.7 Å².